The molecule has 1 spiro atoms. The molecule has 1 saturated carbocycles. The van der Waals surface area contributed by atoms with Gasteiger partial charge in [-0.2, -0.15) is 0 Å². The number of morpholine rings is 1. The number of ether oxygens (including phenoxy) is 1. The molecule has 1 aromatic carbocycles. The minimum absolute atomic E-state index is 0.0541. The molecule has 2 unspecified atom stereocenters. The third-order valence-electron chi connectivity index (χ3n) is 6.63. The number of imide groups is 1. The highest BCUT2D eigenvalue weighted by molar-refractivity contribution is 6.30. The van der Waals surface area contributed by atoms with Gasteiger partial charge in [-0.15, -0.1) is 0 Å². The van der Waals surface area contributed by atoms with Crippen LogP contribution in [0.5, 0.6) is 0 Å². The van der Waals surface area contributed by atoms with Gasteiger partial charge in [0.15, 0.2) is 0 Å². The molecule has 4 amide bonds. The number of carbonyl (C=O) groups excluding carboxylic acids is 3. The van der Waals surface area contributed by atoms with Gasteiger partial charge in [-0.1, -0.05) is 36.6 Å². The summed E-state index contributed by atoms with van der Waals surface area (Å²) in [4.78, 5) is 41.8. The van der Waals surface area contributed by atoms with Gasteiger partial charge >= 0.3 is 6.03 Å². The molecule has 2 aliphatic heterocycles. The van der Waals surface area contributed by atoms with Crippen LogP contribution in [0.25, 0.3) is 0 Å². The predicted molar refractivity (Wildman–Crippen MR) is 116 cm³/mol. The molecule has 2 heterocycles. The number of nitrogens with zero attached hydrogens (tertiary/aromatic N) is 2. The molecule has 0 aromatic heterocycles. The van der Waals surface area contributed by atoms with Crippen molar-refractivity contribution >= 4 is 29.4 Å². The summed E-state index contributed by atoms with van der Waals surface area (Å²) in [6.45, 7) is 4.76. The minimum Gasteiger partial charge on any atom is -0.379 e. The average Bonchev–Trinajstić information content (AvgIpc) is 3.34. The summed E-state index contributed by atoms with van der Waals surface area (Å²) in [7, 11) is 0. The molecule has 3 aliphatic rings. The first kappa shape index (κ1) is 22.0. The number of nitrogens with one attached hydrogen (secondary N) is 2. The zero-order valence-corrected chi connectivity index (χ0v) is 18.5. The van der Waals surface area contributed by atoms with Crippen LogP contribution >= 0.6 is 11.6 Å². The maximum absolute atomic E-state index is 13.0. The summed E-state index contributed by atoms with van der Waals surface area (Å²) in [5.41, 5.74) is 0.227. The fourth-order valence-corrected chi connectivity index (χ4v) is 4.93. The lowest BCUT2D eigenvalue weighted by molar-refractivity contribution is -0.138. The van der Waals surface area contributed by atoms with Crippen LogP contribution in [0.4, 0.5) is 4.79 Å². The van der Waals surface area contributed by atoms with Crippen molar-refractivity contribution in [3.63, 3.8) is 0 Å². The quantitative estimate of drug-likeness (QED) is 0.650. The Kier molecular flexibility index (Phi) is 6.50. The maximum atomic E-state index is 13.0. The van der Waals surface area contributed by atoms with Crippen LogP contribution < -0.4 is 10.6 Å². The molecule has 168 valence electrons. The lowest BCUT2D eigenvalue weighted by Gasteiger charge is -2.35. The van der Waals surface area contributed by atoms with Gasteiger partial charge in [-0.25, -0.2) is 9.69 Å². The van der Waals surface area contributed by atoms with Gasteiger partial charge in [0, 0.05) is 24.7 Å². The average molecular weight is 449 g/mol. The monoisotopic (exact) mass is 448 g/mol. The van der Waals surface area contributed by atoms with Crippen molar-refractivity contribution in [1.82, 2.24) is 20.4 Å². The zero-order valence-electron chi connectivity index (χ0n) is 17.7. The highest BCUT2D eigenvalue weighted by Crippen LogP contribution is 2.35. The van der Waals surface area contributed by atoms with Crippen molar-refractivity contribution in [2.24, 2.45) is 0 Å². The fraction of sp³-hybridized carbons (Fsp3) is 0.591. The Morgan fingerprint density at radius 1 is 1.19 bits per heavy atom. The van der Waals surface area contributed by atoms with Crippen LogP contribution in [0, 0.1) is 0 Å². The van der Waals surface area contributed by atoms with Gasteiger partial charge in [0.1, 0.15) is 11.6 Å². The second-order valence-electron chi connectivity index (χ2n) is 8.53. The summed E-state index contributed by atoms with van der Waals surface area (Å²) < 4.78 is 5.47. The van der Waals surface area contributed by atoms with Crippen molar-refractivity contribution in [3.8, 4) is 0 Å². The van der Waals surface area contributed by atoms with Crippen LogP contribution in [0.1, 0.15) is 44.2 Å². The van der Waals surface area contributed by atoms with Gasteiger partial charge in [0.25, 0.3) is 5.91 Å². The third kappa shape index (κ3) is 4.42. The number of halogens is 1. The first-order valence-corrected chi connectivity index (χ1v) is 11.3. The largest absolute Gasteiger partial charge is 0.379 e. The molecule has 2 atom stereocenters. The van der Waals surface area contributed by atoms with E-state index < -0.39 is 17.6 Å². The van der Waals surface area contributed by atoms with Crippen molar-refractivity contribution in [2.75, 3.05) is 32.8 Å². The van der Waals surface area contributed by atoms with Crippen LogP contribution in [0.2, 0.25) is 5.02 Å². The van der Waals surface area contributed by atoms with Gasteiger partial charge in [0.05, 0.1) is 19.3 Å². The summed E-state index contributed by atoms with van der Waals surface area (Å²) in [6.07, 6.45) is 3.09. The smallest absolute Gasteiger partial charge is 0.325 e. The second-order valence-corrected chi connectivity index (χ2v) is 8.97. The Hall–Kier alpha value is -2.16. The normalized spacial score (nSPS) is 23.1. The van der Waals surface area contributed by atoms with Gasteiger partial charge in [0.2, 0.25) is 5.91 Å². The number of hydrogen-bond acceptors (Lipinski definition) is 5. The molecule has 9 heteroatoms. The first-order chi connectivity index (χ1) is 14.9. The zero-order chi connectivity index (χ0) is 22.0. The lowest BCUT2D eigenvalue weighted by atomic mass is 9.97. The van der Waals surface area contributed by atoms with Crippen LogP contribution in [-0.2, 0) is 14.3 Å². The van der Waals surface area contributed by atoms with E-state index in [-0.39, 0.29) is 17.9 Å². The first-order valence-electron chi connectivity index (χ1n) is 10.9. The van der Waals surface area contributed by atoms with E-state index in [2.05, 4.69) is 15.5 Å². The molecule has 31 heavy (non-hydrogen) atoms. The van der Waals surface area contributed by atoms with E-state index in [0.29, 0.717) is 37.6 Å². The molecule has 4 rings (SSSR count). The third-order valence-corrected chi connectivity index (χ3v) is 6.88. The number of urea groups is 1. The Morgan fingerprint density at radius 2 is 1.84 bits per heavy atom. The van der Waals surface area contributed by atoms with Crippen LogP contribution in [0.3, 0.4) is 0 Å². The number of carbonyl (C=O) groups is 3. The lowest BCUT2D eigenvalue weighted by Crippen LogP contribution is -2.51. The van der Waals surface area contributed by atoms with E-state index in [0.717, 1.165) is 36.4 Å². The molecular weight excluding hydrogens is 420 g/mol. The van der Waals surface area contributed by atoms with E-state index in [9.17, 15) is 14.4 Å². The number of benzene rings is 1. The number of hydrogen-bond donors (Lipinski definition) is 2. The molecule has 0 bridgehead atoms. The molecule has 2 N–H and O–H groups in total. The molecule has 3 fully saturated rings. The highest BCUT2D eigenvalue weighted by atomic mass is 35.5. The summed E-state index contributed by atoms with van der Waals surface area (Å²) in [5.74, 6) is -0.620. The number of rotatable bonds is 6. The molecule has 0 radical (unpaired) electrons. The van der Waals surface area contributed by atoms with Crippen LogP contribution in [-0.4, -0.2) is 72.1 Å². The molecule has 2 saturated heterocycles. The molecule has 8 nitrogen and oxygen atoms in total. The van der Waals surface area contributed by atoms with Crippen molar-refractivity contribution < 1.29 is 19.1 Å². The predicted octanol–water partition coefficient (Wildman–Crippen LogP) is 2.08. The summed E-state index contributed by atoms with van der Waals surface area (Å²) >= 11 is 6.04. The topological polar surface area (TPSA) is 91.0 Å². The van der Waals surface area contributed by atoms with Crippen molar-refractivity contribution in [3.05, 3.63) is 34.9 Å². The van der Waals surface area contributed by atoms with Gasteiger partial charge < -0.3 is 15.4 Å². The Bertz CT molecular complexity index is 834. The number of amides is 4. The minimum atomic E-state index is -0.872. The van der Waals surface area contributed by atoms with E-state index in [1.165, 1.54) is 0 Å². The van der Waals surface area contributed by atoms with Gasteiger partial charge in [-0.05, 0) is 37.5 Å². The SMILES string of the molecule is CC(C(=O)NCC(c1ccc(Cl)cc1)N1CCOCC1)N1C(=O)NC2(CCCC2)C1=O. The van der Waals surface area contributed by atoms with E-state index >= 15 is 0 Å². The molecular formula is C22H29ClN4O4. The second kappa shape index (κ2) is 9.14. The Balaban J connectivity index is 1.44. The van der Waals surface area contributed by atoms with E-state index in [1.807, 2.05) is 24.3 Å². The standard InChI is InChI=1S/C22H29ClN4O4/c1-15(27-20(29)22(25-21(27)30)8-2-3-9-22)19(28)24-14-18(26-10-12-31-13-11-26)16-4-6-17(23)7-5-16/h4-7,15,18H,2-3,8-14H2,1H3,(H,24,28)(H,25,30). The van der Waals surface area contributed by atoms with E-state index in [4.69, 9.17) is 16.3 Å². The highest BCUT2D eigenvalue weighted by Gasteiger charge is 2.54. The van der Waals surface area contributed by atoms with Crippen molar-refractivity contribution in [2.45, 2.75) is 50.2 Å². The molecule has 1 aromatic rings. The van der Waals surface area contributed by atoms with E-state index in [1.54, 1.807) is 6.92 Å². The Morgan fingerprint density at radius 3 is 2.48 bits per heavy atom. The Labute approximate surface area is 187 Å². The summed E-state index contributed by atoms with van der Waals surface area (Å²) in [5, 5.41) is 6.45. The van der Waals surface area contributed by atoms with Gasteiger partial charge in [-0.3, -0.25) is 14.5 Å². The van der Waals surface area contributed by atoms with Crippen molar-refractivity contribution in [1.29, 1.82) is 0 Å². The fourth-order valence-electron chi connectivity index (χ4n) is 4.80. The van der Waals surface area contributed by atoms with Crippen LogP contribution in [0.15, 0.2) is 24.3 Å². The summed E-state index contributed by atoms with van der Waals surface area (Å²) in [6, 6.07) is 6.19. The maximum Gasteiger partial charge on any atom is 0.325 e. The molecule has 1 aliphatic carbocycles.